The Morgan fingerprint density at radius 3 is 2.68 bits per heavy atom. The maximum atomic E-state index is 14.7. The smallest absolute Gasteiger partial charge is 0.226 e. The number of ether oxygens (including phenoxy) is 2. The molecule has 0 spiro atoms. The fraction of sp³-hybridized carbons (Fsp3) is 0.200. The van der Waals surface area contributed by atoms with Crippen molar-refractivity contribution >= 4 is 11.0 Å². The zero-order chi connectivity index (χ0) is 19.5. The highest BCUT2D eigenvalue weighted by atomic mass is 19.1. The topological polar surface area (TPSA) is 85.8 Å². The van der Waals surface area contributed by atoms with Crippen LogP contribution in [0, 0.1) is 5.95 Å². The van der Waals surface area contributed by atoms with Crippen LogP contribution < -0.4 is 9.47 Å². The SMILES string of the molecule is CCOc1ncnc2[nH]cc(Cc3ccc(-c4cccc(OC)n4)nc3F)c12. The van der Waals surface area contributed by atoms with Crippen LogP contribution >= 0.6 is 0 Å². The largest absolute Gasteiger partial charge is 0.481 e. The van der Waals surface area contributed by atoms with Crippen LogP contribution in [0.3, 0.4) is 0 Å². The fourth-order valence-corrected chi connectivity index (χ4v) is 3.00. The van der Waals surface area contributed by atoms with Crippen molar-refractivity contribution < 1.29 is 13.9 Å². The predicted molar refractivity (Wildman–Crippen MR) is 102 cm³/mol. The summed E-state index contributed by atoms with van der Waals surface area (Å²) in [6, 6.07) is 8.73. The molecule has 4 aromatic heterocycles. The van der Waals surface area contributed by atoms with Gasteiger partial charge in [-0.05, 0) is 24.6 Å². The summed E-state index contributed by atoms with van der Waals surface area (Å²) in [5.74, 6) is 0.381. The Labute approximate surface area is 160 Å². The first-order chi connectivity index (χ1) is 13.7. The summed E-state index contributed by atoms with van der Waals surface area (Å²) < 4.78 is 25.4. The molecule has 28 heavy (non-hydrogen) atoms. The number of hydrogen-bond donors (Lipinski definition) is 1. The summed E-state index contributed by atoms with van der Waals surface area (Å²) in [6.45, 7) is 2.37. The highest BCUT2D eigenvalue weighted by molar-refractivity contribution is 5.85. The number of aromatic nitrogens is 5. The molecule has 0 aromatic carbocycles. The molecule has 0 bridgehead atoms. The molecule has 0 aliphatic rings. The van der Waals surface area contributed by atoms with Crippen LogP contribution in [0.1, 0.15) is 18.1 Å². The van der Waals surface area contributed by atoms with E-state index in [0.29, 0.717) is 47.4 Å². The minimum atomic E-state index is -0.550. The third-order valence-corrected chi connectivity index (χ3v) is 4.30. The number of pyridine rings is 2. The van der Waals surface area contributed by atoms with Crippen molar-refractivity contribution in [2.24, 2.45) is 0 Å². The van der Waals surface area contributed by atoms with Crippen molar-refractivity contribution in [2.75, 3.05) is 13.7 Å². The Morgan fingerprint density at radius 1 is 1.04 bits per heavy atom. The van der Waals surface area contributed by atoms with Gasteiger partial charge in [0.25, 0.3) is 0 Å². The Kier molecular flexibility index (Phi) is 4.84. The van der Waals surface area contributed by atoms with Crippen molar-refractivity contribution in [3.8, 4) is 23.1 Å². The van der Waals surface area contributed by atoms with Gasteiger partial charge in [0.15, 0.2) is 0 Å². The minimum absolute atomic E-state index is 0.331. The molecule has 142 valence electrons. The van der Waals surface area contributed by atoms with Gasteiger partial charge in [0, 0.05) is 24.2 Å². The fourth-order valence-electron chi connectivity index (χ4n) is 3.00. The van der Waals surface area contributed by atoms with Gasteiger partial charge in [0.05, 0.1) is 30.5 Å². The Hall–Kier alpha value is -3.55. The number of nitrogens with zero attached hydrogens (tertiary/aromatic N) is 4. The standard InChI is InChI=1S/C20H18FN5O2/c1-3-28-20-17-13(10-22-19(17)23-11-24-20)9-12-7-8-15(26-18(12)21)14-5-4-6-16(25-14)27-2/h4-8,10-11H,3,9H2,1-2H3,(H,22,23,24). The van der Waals surface area contributed by atoms with Gasteiger partial charge in [-0.1, -0.05) is 12.1 Å². The second-order valence-electron chi connectivity index (χ2n) is 6.04. The van der Waals surface area contributed by atoms with Crippen molar-refractivity contribution in [1.82, 2.24) is 24.9 Å². The van der Waals surface area contributed by atoms with Crippen molar-refractivity contribution in [3.63, 3.8) is 0 Å². The number of nitrogens with one attached hydrogen (secondary N) is 1. The van der Waals surface area contributed by atoms with Crippen LogP contribution in [-0.4, -0.2) is 38.6 Å². The van der Waals surface area contributed by atoms with Crippen LogP contribution in [0.25, 0.3) is 22.4 Å². The summed E-state index contributed by atoms with van der Waals surface area (Å²) >= 11 is 0. The summed E-state index contributed by atoms with van der Waals surface area (Å²) in [7, 11) is 1.53. The molecular formula is C20H18FN5O2. The van der Waals surface area contributed by atoms with E-state index < -0.39 is 5.95 Å². The van der Waals surface area contributed by atoms with E-state index in [1.54, 1.807) is 36.5 Å². The second-order valence-corrected chi connectivity index (χ2v) is 6.04. The maximum Gasteiger partial charge on any atom is 0.226 e. The van der Waals surface area contributed by atoms with Crippen LogP contribution in [0.5, 0.6) is 11.8 Å². The van der Waals surface area contributed by atoms with Gasteiger partial charge in [-0.2, -0.15) is 4.39 Å². The Balaban J connectivity index is 1.67. The highest BCUT2D eigenvalue weighted by Gasteiger charge is 2.15. The first-order valence-corrected chi connectivity index (χ1v) is 8.80. The molecule has 0 saturated carbocycles. The number of aromatic amines is 1. The number of H-pyrrole nitrogens is 1. The lowest BCUT2D eigenvalue weighted by atomic mass is 10.1. The van der Waals surface area contributed by atoms with E-state index in [2.05, 4.69) is 24.9 Å². The van der Waals surface area contributed by atoms with Crippen LogP contribution in [0.2, 0.25) is 0 Å². The molecule has 8 heteroatoms. The zero-order valence-corrected chi connectivity index (χ0v) is 15.4. The molecule has 0 atom stereocenters. The third kappa shape index (κ3) is 3.36. The monoisotopic (exact) mass is 379 g/mol. The first kappa shape index (κ1) is 17.8. The molecule has 0 radical (unpaired) electrons. The quantitative estimate of drug-likeness (QED) is 0.516. The van der Waals surface area contributed by atoms with Crippen molar-refractivity contribution in [2.45, 2.75) is 13.3 Å². The number of halogens is 1. The van der Waals surface area contributed by atoms with Crippen LogP contribution in [0.15, 0.2) is 42.9 Å². The van der Waals surface area contributed by atoms with Crippen LogP contribution in [0.4, 0.5) is 4.39 Å². The maximum absolute atomic E-state index is 14.7. The van der Waals surface area contributed by atoms with E-state index in [1.165, 1.54) is 13.4 Å². The summed E-state index contributed by atoms with van der Waals surface area (Å²) in [6.07, 6.45) is 3.56. The number of fused-ring (bicyclic) bond motifs is 1. The van der Waals surface area contributed by atoms with Gasteiger partial charge in [-0.25, -0.2) is 19.9 Å². The molecule has 0 aliphatic heterocycles. The lowest BCUT2D eigenvalue weighted by Crippen LogP contribution is -2.00. The van der Waals surface area contributed by atoms with Gasteiger partial charge in [-0.15, -0.1) is 0 Å². The van der Waals surface area contributed by atoms with Gasteiger partial charge in [0.1, 0.15) is 12.0 Å². The molecule has 7 nitrogen and oxygen atoms in total. The predicted octanol–water partition coefficient (Wildman–Crippen LogP) is 3.55. The van der Waals surface area contributed by atoms with E-state index >= 15 is 0 Å². The van der Waals surface area contributed by atoms with Crippen LogP contribution in [-0.2, 0) is 6.42 Å². The van der Waals surface area contributed by atoms with Crippen molar-refractivity contribution in [1.29, 1.82) is 0 Å². The lowest BCUT2D eigenvalue weighted by Gasteiger charge is -2.07. The van der Waals surface area contributed by atoms with Crippen molar-refractivity contribution in [3.05, 3.63) is 59.9 Å². The molecule has 0 aliphatic carbocycles. The highest BCUT2D eigenvalue weighted by Crippen LogP contribution is 2.28. The van der Waals surface area contributed by atoms with E-state index in [4.69, 9.17) is 9.47 Å². The molecule has 4 aromatic rings. The molecule has 1 N–H and O–H groups in total. The van der Waals surface area contributed by atoms with E-state index in [0.717, 1.165) is 10.9 Å². The molecule has 4 heterocycles. The number of hydrogen-bond acceptors (Lipinski definition) is 6. The summed E-state index contributed by atoms with van der Waals surface area (Å²) in [5, 5.41) is 0.752. The third-order valence-electron chi connectivity index (χ3n) is 4.30. The number of rotatable bonds is 6. The second kappa shape index (κ2) is 7.59. The summed E-state index contributed by atoms with van der Waals surface area (Å²) in [4.78, 5) is 19.8. The Morgan fingerprint density at radius 2 is 1.89 bits per heavy atom. The van der Waals surface area contributed by atoms with Gasteiger partial charge in [0.2, 0.25) is 17.7 Å². The van der Waals surface area contributed by atoms with E-state index in [1.807, 2.05) is 6.92 Å². The van der Waals surface area contributed by atoms with E-state index in [9.17, 15) is 4.39 Å². The average Bonchev–Trinajstić information content (AvgIpc) is 3.13. The molecule has 4 rings (SSSR count). The van der Waals surface area contributed by atoms with Gasteiger partial charge >= 0.3 is 0 Å². The van der Waals surface area contributed by atoms with Gasteiger partial charge < -0.3 is 14.5 Å². The molecule has 0 fully saturated rings. The van der Waals surface area contributed by atoms with E-state index in [-0.39, 0.29) is 0 Å². The molecule has 0 saturated heterocycles. The lowest BCUT2D eigenvalue weighted by molar-refractivity contribution is 0.330. The average molecular weight is 379 g/mol. The minimum Gasteiger partial charge on any atom is -0.481 e. The molecule has 0 amide bonds. The molecule has 0 unspecified atom stereocenters. The Bertz CT molecular complexity index is 1130. The van der Waals surface area contributed by atoms with Gasteiger partial charge in [-0.3, -0.25) is 0 Å². The first-order valence-electron chi connectivity index (χ1n) is 8.80. The molecular weight excluding hydrogens is 361 g/mol. The normalized spacial score (nSPS) is 11.0. The zero-order valence-electron chi connectivity index (χ0n) is 15.4. The summed E-state index contributed by atoms with van der Waals surface area (Å²) in [5.41, 5.74) is 2.94. The number of methoxy groups -OCH3 is 1.